The Morgan fingerprint density at radius 3 is 2.62 bits per heavy atom. The van der Waals surface area contributed by atoms with E-state index in [-0.39, 0.29) is 18.2 Å². The summed E-state index contributed by atoms with van der Waals surface area (Å²) in [6.45, 7) is 8.03. The van der Waals surface area contributed by atoms with Gasteiger partial charge in [0.05, 0.1) is 6.20 Å². The highest BCUT2D eigenvalue weighted by atomic mass is 16.2. The molecule has 8 heteroatoms. The molecule has 0 radical (unpaired) electrons. The maximum absolute atomic E-state index is 13.1. The summed E-state index contributed by atoms with van der Waals surface area (Å²) in [5.74, 6) is -0.298. The topological polar surface area (TPSA) is 103 Å². The number of nitriles is 1. The van der Waals surface area contributed by atoms with Crippen molar-refractivity contribution in [2.45, 2.75) is 53.0 Å². The van der Waals surface area contributed by atoms with Crippen LogP contribution in [-0.4, -0.2) is 43.9 Å². The van der Waals surface area contributed by atoms with E-state index in [0.717, 1.165) is 23.4 Å². The summed E-state index contributed by atoms with van der Waals surface area (Å²) >= 11 is 0. The zero-order valence-corrected chi connectivity index (χ0v) is 18.9. The molecule has 2 heterocycles. The molecule has 166 valence electrons. The molecule has 1 aromatic carbocycles. The third kappa shape index (κ3) is 4.78. The van der Waals surface area contributed by atoms with Gasteiger partial charge in [-0.1, -0.05) is 25.1 Å². The number of carbonyl (C=O) groups is 2. The highest BCUT2D eigenvalue weighted by Gasteiger charge is 2.25. The first-order valence-electron chi connectivity index (χ1n) is 10.8. The molecule has 2 amide bonds. The zero-order valence-electron chi connectivity index (χ0n) is 18.9. The van der Waals surface area contributed by atoms with E-state index in [4.69, 9.17) is 0 Å². The second-order valence-electron chi connectivity index (χ2n) is 7.79. The van der Waals surface area contributed by atoms with Gasteiger partial charge >= 0.3 is 0 Å². The lowest BCUT2D eigenvalue weighted by molar-refractivity contribution is -0.138. The van der Waals surface area contributed by atoms with Crippen LogP contribution in [0.3, 0.4) is 0 Å². The van der Waals surface area contributed by atoms with Crippen LogP contribution in [0.2, 0.25) is 0 Å². The van der Waals surface area contributed by atoms with Crippen LogP contribution >= 0.6 is 0 Å². The van der Waals surface area contributed by atoms with E-state index in [2.05, 4.69) is 21.5 Å². The Morgan fingerprint density at radius 1 is 1.25 bits per heavy atom. The van der Waals surface area contributed by atoms with E-state index in [1.54, 1.807) is 16.3 Å². The van der Waals surface area contributed by atoms with Crippen molar-refractivity contribution < 1.29 is 9.59 Å². The smallest absolute Gasteiger partial charge is 0.246 e. The Labute approximate surface area is 187 Å². The van der Waals surface area contributed by atoms with Gasteiger partial charge in [-0.3, -0.25) is 9.59 Å². The van der Waals surface area contributed by atoms with Crippen LogP contribution in [0.15, 0.2) is 36.5 Å². The van der Waals surface area contributed by atoms with Gasteiger partial charge < -0.3 is 10.2 Å². The first-order chi connectivity index (χ1) is 15.4. The van der Waals surface area contributed by atoms with Crippen LogP contribution in [0.1, 0.15) is 49.2 Å². The molecule has 1 atom stereocenters. The lowest BCUT2D eigenvalue weighted by Gasteiger charge is -2.28. The molecule has 3 rings (SSSR count). The van der Waals surface area contributed by atoms with Gasteiger partial charge in [0.1, 0.15) is 17.7 Å². The molecule has 32 heavy (non-hydrogen) atoms. The summed E-state index contributed by atoms with van der Waals surface area (Å²) < 4.78 is 1.64. The quantitative estimate of drug-likeness (QED) is 0.587. The lowest BCUT2D eigenvalue weighted by Crippen LogP contribution is -2.46. The fourth-order valence-electron chi connectivity index (χ4n) is 3.81. The Morgan fingerprint density at radius 2 is 1.97 bits per heavy atom. The predicted octanol–water partition coefficient (Wildman–Crippen LogP) is 3.42. The molecular weight excluding hydrogens is 404 g/mol. The highest BCUT2D eigenvalue weighted by molar-refractivity contribution is 5.96. The second kappa shape index (κ2) is 10.1. The van der Waals surface area contributed by atoms with E-state index in [1.165, 1.54) is 6.20 Å². The van der Waals surface area contributed by atoms with Gasteiger partial charge in [-0.05, 0) is 51.3 Å². The number of carbonyl (C=O) groups excluding carboxylic acids is 2. The summed E-state index contributed by atoms with van der Waals surface area (Å²) in [6, 6.07) is 10.7. The minimum absolute atomic E-state index is 0.0837. The molecule has 0 saturated heterocycles. The first kappa shape index (κ1) is 22.9. The van der Waals surface area contributed by atoms with Crippen LogP contribution in [0.25, 0.3) is 5.65 Å². The average molecular weight is 433 g/mol. The Bertz CT molecular complexity index is 1160. The Kier molecular flexibility index (Phi) is 7.21. The predicted molar refractivity (Wildman–Crippen MR) is 122 cm³/mol. The number of benzene rings is 1. The van der Waals surface area contributed by atoms with Gasteiger partial charge in [0.2, 0.25) is 11.8 Å². The third-order valence-electron chi connectivity index (χ3n) is 5.59. The van der Waals surface area contributed by atoms with E-state index in [9.17, 15) is 14.9 Å². The summed E-state index contributed by atoms with van der Waals surface area (Å²) in [5, 5.41) is 16.4. The summed E-state index contributed by atoms with van der Waals surface area (Å²) in [7, 11) is 0. The molecular formula is C24H28N6O2. The number of nitrogens with one attached hydrogen (secondary N) is 1. The summed E-state index contributed by atoms with van der Waals surface area (Å²) in [4.78, 5) is 32.0. The molecule has 1 N–H and O–H groups in total. The number of anilines is 1. The molecule has 0 saturated carbocycles. The minimum Gasteiger partial charge on any atom is -0.331 e. The van der Waals surface area contributed by atoms with E-state index in [1.807, 2.05) is 51.1 Å². The fourth-order valence-corrected chi connectivity index (χ4v) is 3.81. The number of aryl methyl sites for hydroxylation is 2. The number of fused-ring (bicyclic) bond motifs is 1. The number of aromatic nitrogens is 3. The van der Waals surface area contributed by atoms with Gasteiger partial charge in [0.15, 0.2) is 5.65 Å². The number of hydrogen-bond donors (Lipinski definition) is 1. The second-order valence-corrected chi connectivity index (χ2v) is 7.79. The van der Waals surface area contributed by atoms with E-state index < -0.39 is 6.04 Å². The molecule has 0 aliphatic heterocycles. The van der Waals surface area contributed by atoms with Crippen LogP contribution < -0.4 is 5.32 Å². The number of rotatable bonds is 8. The summed E-state index contributed by atoms with van der Waals surface area (Å²) in [6.07, 6.45) is 2.99. The maximum Gasteiger partial charge on any atom is 0.246 e. The lowest BCUT2D eigenvalue weighted by atomic mass is 10.1. The molecule has 0 aliphatic carbocycles. The van der Waals surface area contributed by atoms with E-state index in [0.29, 0.717) is 29.9 Å². The standard InChI is InChI=1S/C24H28N6O2/c1-5-13-29(18(4)24(32)28-20-9-7-6-8-10-20)22(31)12-11-21-16(2)27-23-19(14-25)15-26-30(23)17(21)3/h6-10,15,18H,5,11-13H2,1-4H3,(H,28,32). The minimum atomic E-state index is -0.588. The van der Waals surface area contributed by atoms with Gasteiger partial charge in [0.25, 0.3) is 0 Å². The number of para-hydroxylation sites is 1. The molecule has 2 aromatic heterocycles. The SMILES string of the molecule is CCCN(C(=O)CCc1c(C)nc2c(C#N)cnn2c1C)C(C)C(=O)Nc1ccccc1. The van der Waals surface area contributed by atoms with Gasteiger partial charge in [-0.25, -0.2) is 9.50 Å². The van der Waals surface area contributed by atoms with E-state index >= 15 is 0 Å². The van der Waals surface area contributed by atoms with Crippen molar-refractivity contribution in [2.75, 3.05) is 11.9 Å². The van der Waals surface area contributed by atoms with Crippen molar-refractivity contribution in [2.24, 2.45) is 0 Å². The number of hydrogen-bond acceptors (Lipinski definition) is 5. The Hall–Kier alpha value is -3.73. The molecule has 8 nitrogen and oxygen atoms in total. The van der Waals surface area contributed by atoms with Gasteiger partial charge in [-0.2, -0.15) is 10.4 Å². The van der Waals surface area contributed by atoms with Crippen molar-refractivity contribution in [3.63, 3.8) is 0 Å². The van der Waals surface area contributed by atoms with Crippen LogP contribution in [0.4, 0.5) is 5.69 Å². The molecule has 0 aliphatic rings. The number of amides is 2. The summed E-state index contributed by atoms with van der Waals surface area (Å²) in [5.41, 5.74) is 4.21. The maximum atomic E-state index is 13.1. The Balaban J connectivity index is 1.74. The van der Waals surface area contributed by atoms with Crippen molar-refractivity contribution in [3.8, 4) is 6.07 Å². The molecule has 3 aromatic rings. The van der Waals surface area contributed by atoms with Crippen LogP contribution in [-0.2, 0) is 16.0 Å². The molecule has 0 spiro atoms. The van der Waals surface area contributed by atoms with Crippen molar-refractivity contribution in [1.29, 1.82) is 5.26 Å². The molecule has 0 bridgehead atoms. The largest absolute Gasteiger partial charge is 0.331 e. The number of nitrogens with zero attached hydrogens (tertiary/aromatic N) is 5. The average Bonchev–Trinajstić information content (AvgIpc) is 3.20. The molecule has 1 unspecified atom stereocenters. The third-order valence-corrected chi connectivity index (χ3v) is 5.59. The highest BCUT2D eigenvalue weighted by Crippen LogP contribution is 2.19. The fraction of sp³-hybridized carbons (Fsp3) is 0.375. The zero-order chi connectivity index (χ0) is 23.3. The van der Waals surface area contributed by atoms with Crippen LogP contribution in [0, 0.1) is 25.2 Å². The van der Waals surface area contributed by atoms with Crippen molar-refractivity contribution in [1.82, 2.24) is 19.5 Å². The monoisotopic (exact) mass is 432 g/mol. The van der Waals surface area contributed by atoms with Crippen molar-refractivity contribution in [3.05, 3.63) is 59.0 Å². The van der Waals surface area contributed by atoms with Gasteiger partial charge in [0, 0.05) is 30.0 Å². The van der Waals surface area contributed by atoms with Crippen LogP contribution in [0.5, 0.6) is 0 Å². The van der Waals surface area contributed by atoms with Gasteiger partial charge in [-0.15, -0.1) is 0 Å². The normalized spacial score (nSPS) is 11.7. The van der Waals surface area contributed by atoms with Crippen molar-refractivity contribution >= 4 is 23.1 Å². The molecule has 0 fully saturated rings. The first-order valence-corrected chi connectivity index (χ1v) is 10.8.